The molecule has 0 aliphatic carbocycles. The minimum Gasteiger partial charge on any atom is -0.290 e. The third-order valence-electron chi connectivity index (χ3n) is 1.26. The van der Waals surface area contributed by atoms with Gasteiger partial charge in [0.15, 0.2) is 5.62 Å². The largest absolute Gasteiger partial charge is 0.290 e. The Hall–Kier alpha value is -0.0200. The van der Waals surface area contributed by atoms with E-state index in [9.17, 15) is 4.79 Å². The molecule has 3 heteroatoms. The van der Waals surface area contributed by atoms with Crippen LogP contribution in [0.25, 0.3) is 0 Å². The summed E-state index contributed by atoms with van der Waals surface area (Å²) in [5.41, 5.74) is 0.901. The highest BCUT2D eigenvalue weighted by molar-refractivity contribution is 8.10. The van der Waals surface area contributed by atoms with Crippen molar-refractivity contribution in [1.82, 2.24) is 4.72 Å². The zero-order valence-electron chi connectivity index (χ0n) is 6.81. The summed E-state index contributed by atoms with van der Waals surface area (Å²) in [6.07, 6.45) is 2.23. The fourth-order valence-corrected chi connectivity index (χ4v) is 1.33. The van der Waals surface area contributed by atoms with Gasteiger partial charge >= 0.3 is 0 Å². The molecule has 0 unspecified atom stereocenters. The van der Waals surface area contributed by atoms with Gasteiger partial charge in [0.2, 0.25) is 0 Å². The van der Waals surface area contributed by atoms with Crippen LogP contribution in [-0.4, -0.2) is 11.2 Å². The van der Waals surface area contributed by atoms with Crippen LogP contribution >= 0.6 is 11.9 Å². The van der Waals surface area contributed by atoms with Crippen molar-refractivity contribution < 1.29 is 4.79 Å². The Morgan fingerprint density at radius 3 is 2.60 bits per heavy atom. The van der Waals surface area contributed by atoms with Crippen LogP contribution in [0, 0.1) is 0 Å². The second-order valence-electron chi connectivity index (χ2n) is 2.95. The molecule has 0 atom stereocenters. The average molecular weight is 161 g/mol. The van der Waals surface area contributed by atoms with Gasteiger partial charge in [0.05, 0.1) is 0 Å². The molecule has 0 aliphatic heterocycles. The van der Waals surface area contributed by atoms with Crippen LogP contribution in [-0.2, 0) is 4.79 Å². The fourth-order valence-electron chi connectivity index (χ4n) is 0.860. The highest BCUT2D eigenvalue weighted by atomic mass is 32.2. The molecule has 2 nitrogen and oxygen atoms in total. The third-order valence-corrected chi connectivity index (χ3v) is 2.02. The van der Waals surface area contributed by atoms with Gasteiger partial charge in [-0.2, -0.15) is 0 Å². The Balaban J connectivity index is 3.51. The van der Waals surface area contributed by atoms with Crippen molar-refractivity contribution in [2.75, 3.05) is 0 Å². The third kappa shape index (κ3) is 4.82. The molecule has 0 aromatic carbocycles. The molecule has 0 heterocycles. The van der Waals surface area contributed by atoms with Crippen molar-refractivity contribution >= 4 is 17.6 Å². The van der Waals surface area contributed by atoms with E-state index in [-0.39, 0.29) is 5.54 Å². The minimum absolute atomic E-state index is 0.0837. The van der Waals surface area contributed by atoms with Crippen LogP contribution in [0.1, 0.15) is 33.6 Å². The second-order valence-corrected chi connectivity index (χ2v) is 3.58. The zero-order valence-corrected chi connectivity index (χ0v) is 7.62. The summed E-state index contributed by atoms with van der Waals surface area (Å²) in [4.78, 5) is 9.96. The number of hydrogen-bond donors (Lipinski definition) is 1. The Morgan fingerprint density at radius 1 is 1.60 bits per heavy atom. The number of carbonyl (C=O) groups excluding carboxylic acids is 1. The lowest BCUT2D eigenvalue weighted by Gasteiger charge is -2.23. The zero-order chi connectivity index (χ0) is 8.04. The molecule has 0 bridgehead atoms. The Labute approximate surface area is 66.9 Å². The van der Waals surface area contributed by atoms with Crippen molar-refractivity contribution in [1.29, 1.82) is 0 Å². The molecule has 0 amide bonds. The van der Waals surface area contributed by atoms with Gasteiger partial charge in [-0.3, -0.25) is 9.52 Å². The van der Waals surface area contributed by atoms with Crippen molar-refractivity contribution in [2.24, 2.45) is 0 Å². The number of nitrogens with one attached hydrogen (secondary N) is 1. The molecular weight excluding hydrogens is 146 g/mol. The molecular formula is C7H15NOS. The van der Waals surface area contributed by atoms with Crippen molar-refractivity contribution in [3.05, 3.63) is 0 Å². The number of carbonyl (C=O) groups is 1. The molecule has 0 fully saturated rings. The van der Waals surface area contributed by atoms with Gasteiger partial charge in [-0.15, -0.1) is 0 Å². The first-order valence-electron chi connectivity index (χ1n) is 3.49. The van der Waals surface area contributed by atoms with E-state index in [1.54, 1.807) is 0 Å². The summed E-state index contributed by atoms with van der Waals surface area (Å²) in [7, 11) is 0. The summed E-state index contributed by atoms with van der Waals surface area (Å²) in [6, 6.07) is 0. The second kappa shape index (κ2) is 4.74. The Bertz CT molecular complexity index is 104. The minimum atomic E-state index is 0.0837. The van der Waals surface area contributed by atoms with Crippen LogP contribution in [0.5, 0.6) is 0 Å². The maximum absolute atomic E-state index is 9.96. The van der Waals surface area contributed by atoms with E-state index in [0.717, 1.165) is 30.4 Å². The summed E-state index contributed by atoms with van der Waals surface area (Å²) in [6.45, 7) is 6.31. The molecule has 0 saturated heterocycles. The predicted octanol–water partition coefficient (Wildman–Crippen LogP) is 1.99. The molecule has 10 heavy (non-hydrogen) atoms. The van der Waals surface area contributed by atoms with Crippen molar-refractivity contribution in [3.63, 3.8) is 0 Å². The Kier molecular flexibility index (Phi) is 4.73. The molecule has 60 valence electrons. The first-order valence-corrected chi connectivity index (χ1v) is 4.37. The lowest BCUT2D eigenvalue weighted by atomic mass is 10.0. The molecule has 0 aromatic heterocycles. The van der Waals surface area contributed by atoms with Gasteiger partial charge in [0.25, 0.3) is 0 Å². The summed E-state index contributed by atoms with van der Waals surface area (Å²) in [5.74, 6) is 0. The van der Waals surface area contributed by atoms with E-state index in [2.05, 4.69) is 25.5 Å². The monoisotopic (exact) mass is 161 g/mol. The van der Waals surface area contributed by atoms with Crippen LogP contribution in [0.3, 0.4) is 0 Å². The van der Waals surface area contributed by atoms with Crippen LogP contribution in [0.2, 0.25) is 0 Å². The van der Waals surface area contributed by atoms with E-state index in [1.165, 1.54) is 0 Å². The molecule has 0 rings (SSSR count). The van der Waals surface area contributed by atoms with Gasteiger partial charge in [-0.1, -0.05) is 13.3 Å². The SMILES string of the molecule is CCCC(C)(C)NSC=O. The highest BCUT2D eigenvalue weighted by Crippen LogP contribution is 2.13. The van der Waals surface area contributed by atoms with Crippen LogP contribution < -0.4 is 4.72 Å². The van der Waals surface area contributed by atoms with Gasteiger partial charge in [0.1, 0.15) is 0 Å². The summed E-state index contributed by atoms with van der Waals surface area (Å²) >= 11 is 1.12. The normalized spacial score (nSPS) is 11.5. The fraction of sp³-hybridized carbons (Fsp3) is 0.857. The molecule has 0 aromatic rings. The van der Waals surface area contributed by atoms with Gasteiger partial charge in [-0.05, 0) is 32.2 Å². The van der Waals surface area contributed by atoms with Crippen molar-refractivity contribution in [3.8, 4) is 0 Å². The van der Waals surface area contributed by atoms with Gasteiger partial charge in [-0.25, -0.2) is 0 Å². The maximum atomic E-state index is 9.96. The van der Waals surface area contributed by atoms with E-state index >= 15 is 0 Å². The molecule has 0 aliphatic rings. The Morgan fingerprint density at radius 2 is 2.20 bits per heavy atom. The average Bonchev–Trinajstić information content (AvgIpc) is 1.84. The molecule has 1 N–H and O–H groups in total. The lowest BCUT2D eigenvalue weighted by molar-refractivity contribution is 0.438. The quantitative estimate of drug-likeness (QED) is 0.494. The topological polar surface area (TPSA) is 29.1 Å². The summed E-state index contributed by atoms with van der Waals surface area (Å²) in [5, 5.41) is 0. The maximum Gasteiger partial charge on any atom is 0.191 e. The predicted molar refractivity (Wildman–Crippen MR) is 46.5 cm³/mol. The highest BCUT2D eigenvalue weighted by Gasteiger charge is 2.14. The van der Waals surface area contributed by atoms with E-state index in [1.807, 2.05) is 0 Å². The summed E-state index contributed by atoms with van der Waals surface area (Å²) < 4.78 is 3.06. The lowest BCUT2D eigenvalue weighted by Crippen LogP contribution is -2.33. The van der Waals surface area contributed by atoms with E-state index in [0.29, 0.717) is 0 Å². The van der Waals surface area contributed by atoms with E-state index in [4.69, 9.17) is 0 Å². The van der Waals surface area contributed by atoms with Crippen LogP contribution in [0.15, 0.2) is 0 Å². The molecule has 0 spiro atoms. The molecule has 0 radical (unpaired) electrons. The standard InChI is InChI=1S/C7H15NOS/c1-4-5-7(2,3)8-10-6-9/h6,8H,4-5H2,1-3H3. The van der Waals surface area contributed by atoms with Gasteiger partial charge < -0.3 is 0 Å². The van der Waals surface area contributed by atoms with Crippen molar-refractivity contribution in [2.45, 2.75) is 39.2 Å². The smallest absolute Gasteiger partial charge is 0.191 e. The van der Waals surface area contributed by atoms with Crippen LogP contribution in [0.4, 0.5) is 0 Å². The number of rotatable bonds is 5. The first kappa shape index (κ1) is 9.98. The first-order chi connectivity index (χ1) is 4.62. The van der Waals surface area contributed by atoms with Gasteiger partial charge in [0, 0.05) is 5.54 Å². The number of hydrogen-bond acceptors (Lipinski definition) is 3. The van der Waals surface area contributed by atoms with E-state index < -0.39 is 0 Å². The molecule has 0 saturated carbocycles.